The summed E-state index contributed by atoms with van der Waals surface area (Å²) < 4.78 is 0. The molecule has 11 heavy (non-hydrogen) atoms. The molecule has 0 rings (SSSR count). The SMILES string of the molecule is CC(=O)NCC(=O)CC(=O)O. The molecule has 0 bridgehead atoms. The van der Waals surface area contributed by atoms with Gasteiger partial charge in [0.05, 0.1) is 6.54 Å². The van der Waals surface area contributed by atoms with Crippen molar-refractivity contribution in [2.75, 3.05) is 6.54 Å². The van der Waals surface area contributed by atoms with Crippen LogP contribution < -0.4 is 5.32 Å². The monoisotopic (exact) mass is 159 g/mol. The maximum Gasteiger partial charge on any atom is 0.310 e. The Balaban J connectivity index is 3.53. The molecule has 0 fully saturated rings. The van der Waals surface area contributed by atoms with Crippen molar-refractivity contribution < 1.29 is 19.5 Å². The van der Waals surface area contributed by atoms with Gasteiger partial charge < -0.3 is 10.4 Å². The lowest BCUT2D eigenvalue weighted by Gasteiger charge is -1.97. The second-order valence-corrected chi connectivity index (χ2v) is 2.02. The number of rotatable bonds is 4. The minimum absolute atomic E-state index is 0.207. The predicted molar refractivity (Wildman–Crippen MR) is 35.9 cm³/mol. The highest BCUT2D eigenvalue weighted by Crippen LogP contribution is 1.80. The van der Waals surface area contributed by atoms with Gasteiger partial charge in [-0.05, 0) is 0 Å². The van der Waals surface area contributed by atoms with Crippen LogP contribution in [0.1, 0.15) is 13.3 Å². The maximum absolute atomic E-state index is 10.6. The molecular formula is C6H9NO4. The molecule has 0 saturated heterocycles. The third kappa shape index (κ3) is 6.50. The molecule has 0 heterocycles. The second-order valence-electron chi connectivity index (χ2n) is 2.02. The summed E-state index contributed by atoms with van der Waals surface area (Å²) >= 11 is 0. The zero-order valence-electron chi connectivity index (χ0n) is 6.09. The van der Waals surface area contributed by atoms with Crippen molar-refractivity contribution in [2.45, 2.75) is 13.3 Å². The predicted octanol–water partition coefficient (Wildman–Crippen LogP) is -0.834. The topological polar surface area (TPSA) is 83.5 Å². The lowest BCUT2D eigenvalue weighted by atomic mass is 10.3. The Kier molecular flexibility index (Phi) is 3.87. The van der Waals surface area contributed by atoms with Gasteiger partial charge in [-0.15, -0.1) is 0 Å². The number of hydrogen-bond acceptors (Lipinski definition) is 3. The molecule has 0 aliphatic carbocycles. The molecule has 0 aromatic carbocycles. The van der Waals surface area contributed by atoms with E-state index >= 15 is 0 Å². The quantitative estimate of drug-likeness (QED) is 0.524. The fourth-order valence-corrected chi connectivity index (χ4v) is 0.454. The number of hydrogen-bond donors (Lipinski definition) is 2. The lowest BCUT2D eigenvalue weighted by molar-refractivity contribution is -0.140. The van der Waals surface area contributed by atoms with E-state index in [0.717, 1.165) is 0 Å². The number of amides is 1. The first kappa shape index (κ1) is 9.61. The second kappa shape index (κ2) is 4.43. The molecule has 0 aromatic heterocycles. The fraction of sp³-hybridized carbons (Fsp3) is 0.500. The molecule has 0 aromatic rings. The smallest absolute Gasteiger partial charge is 0.310 e. The summed E-state index contributed by atoms with van der Waals surface area (Å²) in [7, 11) is 0. The Labute approximate surface area is 63.4 Å². The molecule has 0 radical (unpaired) electrons. The first-order valence-corrected chi connectivity index (χ1v) is 3.00. The van der Waals surface area contributed by atoms with E-state index < -0.39 is 18.2 Å². The minimum atomic E-state index is -1.18. The standard InChI is InChI=1S/C6H9NO4/c1-4(8)7-3-5(9)2-6(10)11/h2-3H2,1H3,(H,7,8)(H,10,11). The van der Waals surface area contributed by atoms with Crippen molar-refractivity contribution in [3.8, 4) is 0 Å². The van der Waals surface area contributed by atoms with Gasteiger partial charge in [0.2, 0.25) is 5.91 Å². The van der Waals surface area contributed by atoms with Crippen molar-refractivity contribution in [3.63, 3.8) is 0 Å². The highest BCUT2D eigenvalue weighted by atomic mass is 16.4. The summed E-state index contributed by atoms with van der Waals surface area (Å²) in [6.07, 6.45) is -0.541. The van der Waals surface area contributed by atoms with E-state index in [-0.39, 0.29) is 12.5 Å². The van der Waals surface area contributed by atoms with E-state index in [1.165, 1.54) is 6.92 Å². The van der Waals surface area contributed by atoms with E-state index in [0.29, 0.717) is 0 Å². The van der Waals surface area contributed by atoms with Crippen molar-refractivity contribution in [3.05, 3.63) is 0 Å². The number of carboxylic acids is 1. The Bertz CT molecular complexity index is 187. The number of aliphatic carboxylic acids is 1. The van der Waals surface area contributed by atoms with Crippen molar-refractivity contribution in [1.82, 2.24) is 5.32 Å². The van der Waals surface area contributed by atoms with Gasteiger partial charge >= 0.3 is 5.97 Å². The maximum atomic E-state index is 10.6. The van der Waals surface area contributed by atoms with Gasteiger partial charge in [-0.2, -0.15) is 0 Å². The molecule has 0 saturated carbocycles. The normalized spacial score (nSPS) is 8.82. The van der Waals surface area contributed by atoms with Crippen molar-refractivity contribution in [1.29, 1.82) is 0 Å². The first-order valence-electron chi connectivity index (χ1n) is 3.00. The Morgan fingerprint density at radius 2 is 1.91 bits per heavy atom. The summed E-state index contributed by atoms with van der Waals surface area (Å²) in [5, 5.41) is 10.3. The lowest BCUT2D eigenvalue weighted by Crippen LogP contribution is -2.28. The molecule has 0 aliphatic rings. The van der Waals surface area contributed by atoms with Crippen LogP contribution in [-0.2, 0) is 14.4 Å². The number of carbonyl (C=O) groups excluding carboxylic acids is 2. The first-order chi connectivity index (χ1) is 5.02. The summed E-state index contributed by atoms with van der Waals surface area (Å²) in [4.78, 5) is 30.7. The molecule has 5 nitrogen and oxygen atoms in total. The van der Waals surface area contributed by atoms with Crippen LogP contribution in [0.25, 0.3) is 0 Å². The molecule has 0 aliphatic heterocycles. The average molecular weight is 159 g/mol. The van der Waals surface area contributed by atoms with E-state index in [9.17, 15) is 14.4 Å². The third-order valence-electron chi connectivity index (χ3n) is 0.883. The van der Waals surface area contributed by atoms with Crippen LogP contribution in [0.15, 0.2) is 0 Å². The van der Waals surface area contributed by atoms with Gasteiger partial charge in [-0.3, -0.25) is 14.4 Å². The number of carboxylic acid groups (broad SMARTS) is 1. The highest BCUT2D eigenvalue weighted by Gasteiger charge is 2.06. The van der Waals surface area contributed by atoms with Crippen LogP contribution in [0, 0.1) is 0 Å². The van der Waals surface area contributed by atoms with E-state index in [1.54, 1.807) is 0 Å². The number of ketones is 1. The van der Waals surface area contributed by atoms with E-state index in [4.69, 9.17) is 5.11 Å². The summed E-state index contributed by atoms with van der Waals surface area (Å²) in [6.45, 7) is 1.05. The van der Waals surface area contributed by atoms with Crippen LogP contribution >= 0.6 is 0 Å². The van der Waals surface area contributed by atoms with E-state index in [2.05, 4.69) is 5.32 Å². The van der Waals surface area contributed by atoms with Crippen molar-refractivity contribution >= 4 is 17.7 Å². The molecule has 1 amide bonds. The zero-order chi connectivity index (χ0) is 8.85. The highest BCUT2D eigenvalue weighted by molar-refractivity contribution is 5.97. The molecule has 62 valence electrons. The van der Waals surface area contributed by atoms with E-state index in [1.807, 2.05) is 0 Å². The summed E-state index contributed by atoms with van der Waals surface area (Å²) in [5.41, 5.74) is 0. The average Bonchev–Trinajstić information content (AvgIpc) is 1.82. The third-order valence-corrected chi connectivity index (χ3v) is 0.883. The number of nitrogens with one attached hydrogen (secondary N) is 1. The Morgan fingerprint density at radius 3 is 2.27 bits per heavy atom. The Morgan fingerprint density at radius 1 is 1.36 bits per heavy atom. The van der Waals surface area contributed by atoms with Crippen LogP contribution in [0.3, 0.4) is 0 Å². The van der Waals surface area contributed by atoms with Crippen LogP contribution in [0.4, 0.5) is 0 Å². The van der Waals surface area contributed by atoms with Crippen LogP contribution in [-0.4, -0.2) is 29.3 Å². The van der Waals surface area contributed by atoms with Gasteiger partial charge in [0.1, 0.15) is 6.42 Å². The molecule has 0 atom stereocenters. The number of Topliss-reactive ketones (excluding diaryl/α,β-unsaturated/α-hetero) is 1. The summed E-state index contributed by atoms with van der Waals surface area (Å²) in [5.74, 6) is -2.03. The Hall–Kier alpha value is -1.39. The molecule has 0 spiro atoms. The minimum Gasteiger partial charge on any atom is -0.481 e. The molecular weight excluding hydrogens is 150 g/mol. The van der Waals surface area contributed by atoms with Crippen LogP contribution in [0.5, 0.6) is 0 Å². The van der Waals surface area contributed by atoms with Gasteiger partial charge in [0, 0.05) is 6.92 Å². The fourth-order valence-electron chi connectivity index (χ4n) is 0.454. The molecule has 5 heteroatoms. The van der Waals surface area contributed by atoms with Gasteiger partial charge in [0.25, 0.3) is 0 Å². The zero-order valence-corrected chi connectivity index (χ0v) is 6.09. The van der Waals surface area contributed by atoms with Gasteiger partial charge in [-0.1, -0.05) is 0 Å². The van der Waals surface area contributed by atoms with Gasteiger partial charge in [-0.25, -0.2) is 0 Å². The van der Waals surface area contributed by atoms with Gasteiger partial charge in [0.15, 0.2) is 5.78 Å². The largest absolute Gasteiger partial charge is 0.481 e. The summed E-state index contributed by atoms with van der Waals surface area (Å²) in [6, 6.07) is 0. The molecule has 2 N–H and O–H groups in total. The number of carbonyl (C=O) groups is 3. The molecule has 0 unspecified atom stereocenters. The van der Waals surface area contributed by atoms with Crippen LogP contribution in [0.2, 0.25) is 0 Å². The van der Waals surface area contributed by atoms with Crippen molar-refractivity contribution in [2.24, 2.45) is 0 Å².